The highest BCUT2D eigenvalue weighted by Gasteiger charge is 2.18. The van der Waals surface area contributed by atoms with Crippen molar-refractivity contribution in [2.24, 2.45) is 11.7 Å². The number of nitrogens with one attached hydrogen (secondary N) is 1. The van der Waals surface area contributed by atoms with Crippen LogP contribution in [-0.4, -0.2) is 5.91 Å². The van der Waals surface area contributed by atoms with Crippen molar-refractivity contribution in [1.82, 2.24) is 5.32 Å². The molecule has 1 aliphatic carbocycles. The Bertz CT molecular complexity index is 406. The van der Waals surface area contributed by atoms with Gasteiger partial charge in [-0.2, -0.15) is 0 Å². The van der Waals surface area contributed by atoms with Crippen LogP contribution < -0.4 is 11.1 Å². The number of rotatable bonds is 4. The first kappa shape index (κ1) is 15.0. The number of benzene rings is 1. The van der Waals surface area contributed by atoms with Crippen molar-refractivity contribution in [2.75, 3.05) is 0 Å². The summed E-state index contributed by atoms with van der Waals surface area (Å²) in [6.45, 7) is 1.19. The molecule has 1 amide bonds. The van der Waals surface area contributed by atoms with Crippen LogP contribution in [0, 0.1) is 5.92 Å². The van der Waals surface area contributed by atoms with Crippen LogP contribution in [0.1, 0.15) is 56.1 Å². The summed E-state index contributed by atoms with van der Waals surface area (Å²) in [6, 6.07) is 8.13. The SMILES string of the molecule is NCc1ccc(CNC(=O)C2CCCCCCC2)cc1. The van der Waals surface area contributed by atoms with Crippen LogP contribution in [0.2, 0.25) is 0 Å². The van der Waals surface area contributed by atoms with Gasteiger partial charge in [0.25, 0.3) is 0 Å². The third-order valence-electron chi connectivity index (χ3n) is 4.20. The van der Waals surface area contributed by atoms with Crippen LogP contribution in [0.3, 0.4) is 0 Å². The first-order valence-corrected chi connectivity index (χ1v) is 7.85. The molecule has 0 atom stereocenters. The van der Waals surface area contributed by atoms with Gasteiger partial charge in [-0.05, 0) is 24.0 Å². The van der Waals surface area contributed by atoms with Gasteiger partial charge in [0.1, 0.15) is 0 Å². The molecule has 3 nitrogen and oxygen atoms in total. The fraction of sp³-hybridized carbons (Fsp3) is 0.588. The van der Waals surface area contributed by atoms with Gasteiger partial charge in [0, 0.05) is 19.0 Å². The lowest BCUT2D eigenvalue weighted by Gasteiger charge is -2.19. The number of hydrogen-bond acceptors (Lipinski definition) is 2. The predicted molar refractivity (Wildman–Crippen MR) is 82.0 cm³/mol. The maximum Gasteiger partial charge on any atom is 0.223 e. The summed E-state index contributed by atoms with van der Waals surface area (Å²) >= 11 is 0. The highest BCUT2D eigenvalue weighted by Crippen LogP contribution is 2.22. The van der Waals surface area contributed by atoms with Crippen LogP contribution >= 0.6 is 0 Å². The van der Waals surface area contributed by atoms with Crippen molar-refractivity contribution in [3.8, 4) is 0 Å². The second kappa shape index (κ2) is 8.05. The normalized spacial score (nSPS) is 17.2. The molecule has 0 aliphatic heterocycles. The minimum atomic E-state index is 0.221. The Morgan fingerprint density at radius 1 is 1.00 bits per heavy atom. The smallest absolute Gasteiger partial charge is 0.223 e. The Balaban J connectivity index is 1.80. The summed E-state index contributed by atoms with van der Waals surface area (Å²) in [5.74, 6) is 0.452. The van der Waals surface area contributed by atoms with Crippen LogP contribution in [0.15, 0.2) is 24.3 Å². The molecule has 0 radical (unpaired) electrons. The van der Waals surface area contributed by atoms with Crippen molar-refractivity contribution < 1.29 is 4.79 Å². The van der Waals surface area contributed by atoms with Crippen molar-refractivity contribution in [3.63, 3.8) is 0 Å². The second-order valence-electron chi connectivity index (χ2n) is 5.78. The monoisotopic (exact) mass is 274 g/mol. The lowest BCUT2D eigenvalue weighted by molar-refractivity contribution is -0.125. The van der Waals surface area contributed by atoms with E-state index in [1.54, 1.807) is 0 Å². The topological polar surface area (TPSA) is 55.1 Å². The summed E-state index contributed by atoms with van der Waals surface area (Å²) in [4.78, 5) is 12.2. The zero-order valence-corrected chi connectivity index (χ0v) is 12.2. The number of nitrogens with two attached hydrogens (primary N) is 1. The van der Waals surface area contributed by atoms with Crippen LogP contribution in [0.25, 0.3) is 0 Å². The summed E-state index contributed by atoms with van der Waals surface area (Å²) in [5, 5.41) is 3.08. The van der Waals surface area contributed by atoms with E-state index in [4.69, 9.17) is 5.73 Å². The largest absolute Gasteiger partial charge is 0.352 e. The third kappa shape index (κ3) is 4.64. The Hall–Kier alpha value is -1.35. The zero-order chi connectivity index (χ0) is 14.2. The van der Waals surface area contributed by atoms with Gasteiger partial charge < -0.3 is 11.1 Å². The lowest BCUT2D eigenvalue weighted by Crippen LogP contribution is -2.30. The Morgan fingerprint density at radius 2 is 1.55 bits per heavy atom. The molecule has 1 aromatic carbocycles. The van der Waals surface area contributed by atoms with E-state index in [0.29, 0.717) is 13.1 Å². The van der Waals surface area contributed by atoms with Crippen LogP contribution in [0.5, 0.6) is 0 Å². The molecule has 110 valence electrons. The molecule has 2 rings (SSSR count). The molecule has 1 saturated carbocycles. The molecule has 20 heavy (non-hydrogen) atoms. The molecular formula is C17H26N2O. The predicted octanol–water partition coefficient (Wildman–Crippen LogP) is 3.12. The van der Waals surface area contributed by atoms with Gasteiger partial charge in [-0.3, -0.25) is 4.79 Å². The van der Waals surface area contributed by atoms with Gasteiger partial charge in [0.15, 0.2) is 0 Å². The maximum atomic E-state index is 12.2. The molecule has 0 spiro atoms. The number of carbonyl (C=O) groups excluding carboxylic acids is 1. The fourth-order valence-corrected chi connectivity index (χ4v) is 2.85. The fourth-order valence-electron chi connectivity index (χ4n) is 2.85. The molecule has 1 aromatic rings. The van der Waals surface area contributed by atoms with E-state index in [0.717, 1.165) is 24.0 Å². The summed E-state index contributed by atoms with van der Waals surface area (Å²) in [6.07, 6.45) is 8.40. The van der Waals surface area contributed by atoms with E-state index in [1.165, 1.54) is 32.1 Å². The van der Waals surface area contributed by atoms with Crippen LogP contribution in [0.4, 0.5) is 0 Å². The molecule has 0 heterocycles. The second-order valence-corrected chi connectivity index (χ2v) is 5.78. The molecule has 0 unspecified atom stereocenters. The first-order valence-electron chi connectivity index (χ1n) is 7.85. The summed E-state index contributed by atoms with van der Waals surface area (Å²) < 4.78 is 0. The average molecular weight is 274 g/mol. The van der Waals surface area contributed by atoms with E-state index >= 15 is 0 Å². The first-order chi connectivity index (χ1) is 9.79. The van der Waals surface area contributed by atoms with E-state index in [9.17, 15) is 4.79 Å². The van der Waals surface area contributed by atoms with Crippen molar-refractivity contribution in [1.29, 1.82) is 0 Å². The molecule has 0 aromatic heterocycles. The Kier molecular flexibility index (Phi) is 6.06. The summed E-state index contributed by atoms with van der Waals surface area (Å²) in [5.41, 5.74) is 7.84. The Labute approximate surface area is 121 Å². The average Bonchev–Trinajstić information content (AvgIpc) is 2.45. The van der Waals surface area contributed by atoms with E-state index in [1.807, 2.05) is 24.3 Å². The number of hydrogen-bond donors (Lipinski definition) is 2. The minimum absolute atomic E-state index is 0.221. The maximum absolute atomic E-state index is 12.2. The van der Waals surface area contributed by atoms with Gasteiger partial charge in [0.05, 0.1) is 0 Å². The standard InChI is InChI=1S/C17H26N2O/c18-12-14-8-10-15(11-9-14)13-19-17(20)16-6-4-2-1-3-5-7-16/h8-11,16H,1-7,12-13,18H2,(H,19,20). The molecular weight excluding hydrogens is 248 g/mol. The van der Waals surface area contributed by atoms with Crippen molar-refractivity contribution in [2.45, 2.75) is 58.0 Å². The molecule has 1 fully saturated rings. The van der Waals surface area contributed by atoms with E-state index in [-0.39, 0.29) is 11.8 Å². The molecule has 1 aliphatic rings. The number of amides is 1. The van der Waals surface area contributed by atoms with E-state index in [2.05, 4.69) is 5.32 Å². The third-order valence-corrected chi connectivity index (χ3v) is 4.20. The highest BCUT2D eigenvalue weighted by atomic mass is 16.1. The van der Waals surface area contributed by atoms with Crippen molar-refractivity contribution in [3.05, 3.63) is 35.4 Å². The molecule has 3 N–H and O–H groups in total. The highest BCUT2D eigenvalue weighted by molar-refractivity contribution is 5.78. The van der Waals surface area contributed by atoms with Gasteiger partial charge in [-0.25, -0.2) is 0 Å². The molecule has 3 heteroatoms. The quantitative estimate of drug-likeness (QED) is 0.886. The van der Waals surface area contributed by atoms with Gasteiger partial charge in [-0.1, -0.05) is 56.4 Å². The van der Waals surface area contributed by atoms with E-state index < -0.39 is 0 Å². The summed E-state index contributed by atoms with van der Waals surface area (Å²) in [7, 11) is 0. The van der Waals surface area contributed by atoms with Gasteiger partial charge >= 0.3 is 0 Å². The minimum Gasteiger partial charge on any atom is -0.352 e. The zero-order valence-electron chi connectivity index (χ0n) is 12.2. The Morgan fingerprint density at radius 3 is 2.15 bits per heavy atom. The molecule has 0 saturated heterocycles. The number of carbonyl (C=O) groups is 1. The van der Waals surface area contributed by atoms with Gasteiger partial charge in [0.2, 0.25) is 5.91 Å². The lowest BCUT2D eigenvalue weighted by atomic mass is 9.90. The molecule has 0 bridgehead atoms. The van der Waals surface area contributed by atoms with Crippen molar-refractivity contribution >= 4 is 5.91 Å². The van der Waals surface area contributed by atoms with Gasteiger partial charge in [-0.15, -0.1) is 0 Å². The van der Waals surface area contributed by atoms with Crippen LogP contribution in [-0.2, 0) is 17.9 Å².